The van der Waals surface area contributed by atoms with Gasteiger partial charge >= 0.3 is 0 Å². The largest absolute Gasteiger partial charge is 0.306 e. The summed E-state index contributed by atoms with van der Waals surface area (Å²) in [6.45, 7) is 2.25. The first kappa shape index (κ1) is 30.7. The summed E-state index contributed by atoms with van der Waals surface area (Å²) in [7, 11) is 0. The highest BCUT2D eigenvalue weighted by molar-refractivity contribution is 6.24. The van der Waals surface area contributed by atoms with E-state index in [1.807, 2.05) is 0 Å². The van der Waals surface area contributed by atoms with Crippen molar-refractivity contribution in [1.82, 2.24) is 19.5 Å². The predicted molar refractivity (Wildman–Crippen MR) is 223 cm³/mol. The van der Waals surface area contributed by atoms with Gasteiger partial charge in [0.2, 0.25) is 0 Å². The van der Waals surface area contributed by atoms with Gasteiger partial charge in [0.25, 0.3) is 0 Å². The maximum absolute atomic E-state index is 5.48. The first-order valence-corrected chi connectivity index (χ1v) is 18.7. The van der Waals surface area contributed by atoms with E-state index >= 15 is 0 Å². The van der Waals surface area contributed by atoms with Gasteiger partial charge in [0.05, 0.1) is 39.3 Å². The van der Waals surface area contributed by atoms with Crippen LogP contribution in [0.2, 0.25) is 0 Å². The number of hydrogen-bond donors (Lipinski definition) is 0. The van der Waals surface area contributed by atoms with Crippen LogP contribution < -0.4 is 0 Å². The maximum Gasteiger partial charge on any atom is 0.156 e. The fourth-order valence-corrected chi connectivity index (χ4v) is 8.52. The molecule has 0 radical (unpaired) electrons. The molecule has 254 valence electrons. The van der Waals surface area contributed by atoms with E-state index < -0.39 is 0 Å². The van der Waals surface area contributed by atoms with Gasteiger partial charge in [-0.3, -0.25) is 0 Å². The molecular formula is C50H34N4. The zero-order valence-electron chi connectivity index (χ0n) is 29.7. The molecular weight excluding hydrogens is 657 g/mol. The van der Waals surface area contributed by atoms with Crippen molar-refractivity contribution < 1.29 is 0 Å². The van der Waals surface area contributed by atoms with Crippen LogP contribution in [0.4, 0.5) is 0 Å². The van der Waals surface area contributed by atoms with E-state index in [0.717, 1.165) is 79.3 Å². The average molecular weight is 691 g/mol. The second-order valence-corrected chi connectivity index (χ2v) is 14.5. The maximum atomic E-state index is 5.48. The van der Waals surface area contributed by atoms with E-state index in [0.29, 0.717) is 5.92 Å². The standard InChI is InChI=1S/C50H34N4/c1-31-12-11-15-36(28-31)50-52-43(34-24-22-33(23-25-34)32-13-3-2-4-14-32)30-44(53-50)35-26-27-37-38-16-6-9-20-45(38)54-46-21-10-7-18-40(46)47-39-17-5-8-19-42(39)51-48(49(47)54)41(37)29-35/h2-27,29-31H,28H2,1H3. The van der Waals surface area contributed by atoms with Gasteiger partial charge in [0.1, 0.15) is 0 Å². The number of rotatable bonds is 4. The van der Waals surface area contributed by atoms with Gasteiger partial charge in [0.15, 0.2) is 5.82 Å². The van der Waals surface area contributed by atoms with Gasteiger partial charge < -0.3 is 4.57 Å². The topological polar surface area (TPSA) is 43.6 Å². The zero-order valence-corrected chi connectivity index (χ0v) is 29.7. The fourth-order valence-electron chi connectivity index (χ4n) is 8.52. The molecule has 1 aliphatic heterocycles. The molecule has 0 saturated carbocycles. The molecule has 3 aromatic heterocycles. The highest BCUT2D eigenvalue weighted by atomic mass is 15.0. The van der Waals surface area contributed by atoms with Crippen LogP contribution >= 0.6 is 0 Å². The fraction of sp³-hybridized carbons (Fsp3) is 0.0600. The Balaban J connectivity index is 1.16. The van der Waals surface area contributed by atoms with Crippen LogP contribution in [0.5, 0.6) is 0 Å². The second-order valence-electron chi connectivity index (χ2n) is 14.5. The number of benzene rings is 6. The minimum absolute atomic E-state index is 0.423. The van der Waals surface area contributed by atoms with Gasteiger partial charge in [-0.05, 0) is 64.9 Å². The van der Waals surface area contributed by atoms with Crippen molar-refractivity contribution in [2.45, 2.75) is 13.3 Å². The summed E-state index contributed by atoms with van der Waals surface area (Å²) in [5.74, 6) is 1.20. The van der Waals surface area contributed by atoms with Crippen LogP contribution in [0, 0.1) is 5.92 Å². The lowest BCUT2D eigenvalue weighted by atomic mass is 9.92. The van der Waals surface area contributed by atoms with E-state index in [9.17, 15) is 0 Å². The van der Waals surface area contributed by atoms with Crippen molar-refractivity contribution in [2.24, 2.45) is 5.92 Å². The van der Waals surface area contributed by atoms with Crippen LogP contribution in [0.25, 0.3) is 100.0 Å². The van der Waals surface area contributed by atoms with E-state index in [1.54, 1.807) is 0 Å². The van der Waals surface area contributed by atoms with Gasteiger partial charge in [-0.2, -0.15) is 0 Å². The van der Waals surface area contributed by atoms with Crippen molar-refractivity contribution in [1.29, 1.82) is 0 Å². The smallest absolute Gasteiger partial charge is 0.156 e. The number of aromatic nitrogens is 4. The van der Waals surface area contributed by atoms with Crippen molar-refractivity contribution in [3.8, 4) is 61.7 Å². The van der Waals surface area contributed by atoms with E-state index in [4.69, 9.17) is 15.0 Å². The van der Waals surface area contributed by atoms with Gasteiger partial charge in [-0.1, -0.05) is 146 Å². The molecule has 0 saturated heterocycles. The predicted octanol–water partition coefficient (Wildman–Crippen LogP) is 12.7. The SMILES string of the molecule is CC1C=CC=C(c2nc(-c3ccc(-c4ccccc4)cc3)cc(-c3ccc4c(c3)-c3nc5ccccc5c5c6ccccc6n(c35)-c3ccccc3-4)n2)C1. The molecule has 1 unspecified atom stereocenters. The lowest BCUT2D eigenvalue weighted by Crippen LogP contribution is -2.04. The van der Waals surface area contributed by atoms with Crippen molar-refractivity contribution in [2.75, 3.05) is 0 Å². The Hall–Kier alpha value is -6.91. The third-order valence-electron chi connectivity index (χ3n) is 11.1. The van der Waals surface area contributed by atoms with Crippen molar-refractivity contribution in [3.05, 3.63) is 176 Å². The molecule has 9 aromatic rings. The first-order valence-electron chi connectivity index (χ1n) is 18.7. The molecule has 4 heterocycles. The molecule has 0 bridgehead atoms. The number of hydrogen-bond acceptors (Lipinski definition) is 3. The van der Waals surface area contributed by atoms with E-state index in [1.165, 1.54) is 33.0 Å². The number of para-hydroxylation sites is 3. The number of nitrogens with zero attached hydrogens (tertiary/aromatic N) is 4. The van der Waals surface area contributed by atoms with Crippen LogP contribution in [0.3, 0.4) is 0 Å². The molecule has 0 fully saturated rings. The molecule has 1 atom stereocenters. The van der Waals surface area contributed by atoms with Crippen LogP contribution in [0.15, 0.2) is 170 Å². The third kappa shape index (κ3) is 4.80. The van der Waals surface area contributed by atoms with E-state index in [-0.39, 0.29) is 0 Å². The summed E-state index contributed by atoms with van der Waals surface area (Å²) in [5, 5.41) is 3.63. The molecule has 1 aliphatic carbocycles. The Labute approximate surface area is 313 Å². The highest BCUT2D eigenvalue weighted by Crippen LogP contribution is 2.48. The van der Waals surface area contributed by atoms with E-state index in [2.05, 4.69) is 181 Å². The number of pyridine rings is 1. The number of fused-ring (bicyclic) bond motifs is 10. The molecule has 2 aliphatic rings. The molecule has 0 amide bonds. The van der Waals surface area contributed by atoms with Gasteiger partial charge in [0, 0.05) is 38.4 Å². The summed E-state index contributed by atoms with van der Waals surface area (Å²) in [6, 6.07) is 54.2. The summed E-state index contributed by atoms with van der Waals surface area (Å²) in [6.07, 6.45) is 7.46. The first-order chi connectivity index (χ1) is 26.7. The summed E-state index contributed by atoms with van der Waals surface area (Å²) in [5.41, 5.74) is 16.3. The molecule has 54 heavy (non-hydrogen) atoms. The molecule has 4 heteroatoms. The van der Waals surface area contributed by atoms with Crippen LogP contribution in [0.1, 0.15) is 19.2 Å². The summed E-state index contributed by atoms with van der Waals surface area (Å²) < 4.78 is 2.43. The third-order valence-corrected chi connectivity index (χ3v) is 11.1. The zero-order chi connectivity index (χ0) is 35.8. The lowest BCUT2D eigenvalue weighted by molar-refractivity contribution is 0.743. The summed E-state index contributed by atoms with van der Waals surface area (Å²) >= 11 is 0. The Bertz CT molecular complexity index is 3020. The minimum atomic E-state index is 0.423. The Morgan fingerprint density at radius 1 is 0.556 bits per heavy atom. The summed E-state index contributed by atoms with van der Waals surface area (Å²) in [4.78, 5) is 16.0. The Kier molecular flexibility index (Phi) is 6.86. The second kappa shape index (κ2) is 12.1. The Morgan fingerprint density at radius 2 is 1.24 bits per heavy atom. The molecule has 0 spiro atoms. The lowest BCUT2D eigenvalue weighted by Gasteiger charge is -2.17. The van der Waals surface area contributed by atoms with Crippen molar-refractivity contribution >= 4 is 38.3 Å². The average Bonchev–Trinajstić information content (AvgIpc) is 3.53. The number of allylic oxidation sites excluding steroid dienone is 4. The minimum Gasteiger partial charge on any atom is -0.306 e. The quantitative estimate of drug-likeness (QED) is 0.185. The molecule has 0 N–H and O–H groups in total. The molecule has 11 rings (SSSR count). The Morgan fingerprint density at radius 3 is 2.09 bits per heavy atom. The normalized spacial score (nSPS) is 14.5. The highest BCUT2D eigenvalue weighted by Gasteiger charge is 2.27. The van der Waals surface area contributed by atoms with Gasteiger partial charge in [-0.25, -0.2) is 15.0 Å². The van der Waals surface area contributed by atoms with Gasteiger partial charge in [-0.15, -0.1) is 0 Å². The van der Waals surface area contributed by atoms with Crippen molar-refractivity contribution in [3.63, 3.8) is 0 Å². The molecule has 4 nitrogen and oxygen atoms in total. The van der Waals surface area contributed by atoms with Crippen LogP contribution in [-0.4, -0.2) is 19.5 Å². The molecule has 6 aromatic carbocycles. The van der Waals surface area contributed by atoms with Crippen LogP contribution in [-0.2, 0) is 0 Å². The monoisotopic (exact) mass is 690 g/mol.